The number of benzene rings is 2. The molecule has 2 rings (SSSR count). The Balaban J connectivity index is 1.91. The second kappa shape index (κ2) is 6.82. The predicted octanol–water partition coefficient (Wildman–Crippen LogP) is 3.04. The molecule has 0 aliphatic rings. The Bertz CT molecular complexity index is 448. The fourth-order valence-corrected chi connectivity index (χ4v) is 1.79. The van der Waals surface area contributed by atoms with Crippen LogP contribution < -0.4 is 4.74 Å². The van der Waals surface area contributed by atoms with Gasteiger partial charge in [0, 0.05) is 13.0 Å². The van der Waals surface area contributed by atoms with Crippen LogP contribution in [0.1, 0.15) is 17.5 Å². The maximum absolute atomic E-state index is 8.67. The standard InChI is InChI=1S/C16H18O2/c17-11-4-12-18-16-9-7-15(8-10-16)13-14-5-2-1-3-6-14/h1-3,5-10,17H,4,11-13H2. The molecule has 0 radical (unpaired) electrons. The summed E-state index contributed by atoms with van der Waals surface area (Å²) in [5.41, 5.74) is 2.59. The lowest BCUT2D eigenvalue weighted by molar-refractivity contribution is 0.233. The molecule has 2 nitrogen and oxygen atoms in total. The number of aliphatic hydroxyl groups is 1. The van der Waals surface area contributed by atoms with Crippen molar-refractivity contribution in [3.63, 3.8) is 0 Å². The summed E-state index contributed by atoms with van der Waals surface area (Å²) < 4.78 is 5.49. The molecule has 0 bridgehead atoms. The van der Waals surface area contributed by atoms with Gasteiger partial charge >= 0.3 is 0 Å². The summed E-state index contributed by atoms with van der Waals surface area (Å²) in [7, 11) is 0. The minimum absolute atomic E-state index is 0.173. The van der Waals surface area contributed by atoms with Crippen LogP contribution >= 0.6 is 0 Å². The van der Waals surface area contributed by atoms with E-state index in [2.05, 4.69) is 36.4 Å². The van der Waals surface area contributed by atoms with Crippen LogP contribution in [0.5, 0.6) is 5.75 Å². The molecule has 2 aromatic carbocycles. The maximum Gasteiger partial charge on any atom is 0.119 e. The number of hydrogen-bond acceptors (Lipinski definition) is 2. The highest BCUT2D eigenvalue weighted by Gasteiger charge is 1.97. The minimum atomic E-state index is 0.173. The normalized spacial score (nSPS) is 10.3. The van der Waals surface area contributed by atoms with Crippen molar-refractivity contribution in [3.05, 3.63) is 65.7 Å². The van der Waals surface area contributed by atoms with E-state index in [-0.39, 0.29) is 6.61 Å². The first kappa shape index (κ1) is 12.7. The average Bonchev–Trinajstić information content (AvgIpc) is 2.42. The molecule has 94 valence electrons. The zero-order chi connectivity index (χ0) is 12.6. The first-order valence-electron chi connectivity index (χ1n) is 6.25. The number of aliphatic hydroxyl groups excluding tert-OH is 1. The molecular formula is C16H18O2. The molecular weight excluding hydrogens is 224 g/mol. The van der Waals surface area contributed by atoms with Crippen molar-refractivity contribution in [2.75, 3.05) is 13.2 Å². The van der Waals surface area contributed by atoms with E-state index in [1.54, 1.807) is 0 Å². The van der Waals surface area contributed by atoms with Gasteiger partial charge in [-0.2, -0.15) is 0 Å². The second-order valence-corrected chi connectivity index (χ2v) is 4.23. The average molecular weight is 242 g/mol. The van der Waals surface area contributed by atoms with Gasteiger partial charge in [0.15, 0.2) is 0 Å². The summed E-state index contributed by atoms with van der Waals surface area (Å²) in [6, 6.07) is 18.5. The summed E-state index contributed by atoms with van der Waals surface area (Å²) in [5, 5.41) is 8.67. The molecule has 0 heterocycles. The molecule has 1 N–H and O–H groups in total. The van der Waals surface area contributed by atoms with Gasteiger partial charge in [-0.05, 0) is 29.7 Å². The van der Waals surface area contributed by atoms with Crippen molar-refractivity contribution in [1.29, 1.82) is 0 Å². The van der Waals surface area contributed by atoms with Gasteiger partial charge in [-0.1, -0.05) is 42.5 Å². The van der Waals surface area contributed by atoms with Crippen LogP contribution in [0.4, 0.5) is 0 Å². The van der Waals surface area contributed by atoms with Crippen molar-refractivity contribution < 1.29 is 9.84 Å². The van der Waals surface area contributed by atoms with Crippen molar-refractivity contribution in [2.24, 2.45) is 0 Å². The van der Waals surface area contributed by atoms with Crippen LogP contribution in [0.25, 0.3) is 0 Å². The van der Waals surface area contributed by atoms with E-state index in [9.17, 15) is 0 Å². The first-order chi connectivity index (χ1) is 8.88. The highest BCUT2D eigenvalue weighted by molar-refractivity contribution is 5.31. The van der Waals surface area contributed by atoms with Crippen LogP contribution in [-0.2, 0) is 6.42 Å². The summed E-state index contributed by atoms with van der Waals surface area (Å²) in [6.45, 7) is 0.737. The van der Waals surface area contributed by atoms with E-state index in [0.29, 0.717) is 13.0 Å². The molecule has 18 heavy (non-hydrogen) atoms. The van der Waals surface area contributed by atoms with Gasteiger partial charge in [-0.15, -0.1) is 0 Å². The Kier molecular flexibility index (Phi) is 4.79. The molecule has 0 unspecified atom stereocenters. The van der Waals surface area contributed by atoms with Crippen molar-refractivity contribution in [3.8, 4) is 5.75 Å². The predicted molar refractivity (Wildman–Crippen MR) is 72.9 cm³/mol. The van der Waals surface area contributed by atoms with Gasteiger partial charge in [-0.25, -0.2) is 0 Å². The molecule has 0 spiro atoms. The lowest BCUT2D eigenvalue weighted by atomic mass is 10.1. The van der Waals surface area contributed by atoms with Gasteiger partial charge in [0.1, 0.15) is 5.75 Å². The molecule has 0 amide bonds. The quantitative estimate of drug-likeness (QED) is 0.789. The zero-order valence-corrected chi connectivity index (χ0v) is 10.4. The van der Waals surface area contributed by atoms with Crippen LogP contribution in [0.3, 0.4) is 0 Å². The Hall–Kier alpha value is -1.80. The van der Waals surface area contributed by atoms with Crippen LogP contribution in [0.2, 0.25) is 0 Å². The molecule has 0 atom stereocenters. The Morgan fingerprint density at radius 2 is 1.50 bits per heavy atom. The van der Waals surface area contributed by atoms with Crippen molar-refractivity contribution >= 4 is 0 Å². The number of rotatable bonds is 6. The topological polar surface area (TPSA) is 29.5 Å². The van der Waals surface area contributed by atoms with E-state index in [0.717, 1.165) is 12.2 Å². The largest absolute Gasteiger partial charge is 0.494 e. The number of hydrogen-bond donors (Lipinski definition) is 1. The summed E-state index contributed by atoms with van der Waals surface area (Å²) >= 11 is 0. The van der Waals surface area contributed by atoms with Crippen LogP contribution in [0.15, 0.2) is 54.6 Å². The van der Waals surface area contributed by atoms with Gasteiger partial charge in [-0.3, -0.25) is 0 Å². The van der Waals surface area contributed by atoms with Gasteiger partial charge < -0.3 is 9.84 Å². The SMILES string of the molecule is OCCCOc1ccc(Cc2ccccc2)cc1. The van der Waals surface area contributed by atoms with E-state index in [1.807, 2.05) is 18.2 Å². The molecule has 0 aliphatic heterocycles. The van der Waals surface area contributed by atoms with Crippen LogP contribution in [-0.4, -0.2) is 18.3 Å². The Labute approximate surface area is 108 Å². The fraction of sp³-hybridized carbons (Fsp3) is 0.250. The molecule has 0 saturated heterocycles. The summed E-state index contributed by atoms with van der Waals surface area (Å²) in [4.78, 5) is 0. The molecule has 0 fully saturated rings. The third kappa shape index (κ3) is 3.90. The van der Waals surface area contributed by atoms with E-state index < -0.39 is 0 Å². The third-order valence-electron chi connectivity index (χ3n) is 2.75. The number of ether oxygens (including phenoxy) is 1. The molecule has 0 aromatic heterocycles. The lowest BCUT2D eigenvalue weighted by Gasteiger charge is -2.06. The second-order valence-electron chi connectivity index (χ2n) is 4.23. The summed E-state index contributed by atoms with van der Waals surface area (Å²) in [6.07, 6.45) is 1.61. The highest BCUT2D eigenvalue weighted by Crippen LogP contribution is 2.15. The first-order valence-corrected chi connectivity index (χ1v) is 6.25. The maximum atomic E-state index is 8.67. The Morgan fingerprint density at radius 1 is 0.833 bits per heavy atom. The lowest BCUT2D eigenvalue weighted by Crippen LogP contribution is -1.99. The minimum Gasteiger partial charge on any atom is -0.494 e. The van der Waals surface area contributed by atoms with E-state index in [1.165, 1.54) is 11.1 Å². The third-order valence-corrected chi connectivity index (χ3v) is 2.75. The van der Waals surface area contributed by atoms with Crippen LogP contribution in [0, 0.1) is 0 Å². The fourth-order valence-electron chi connectivity index (χ4n) is 1.79. The van der Waals surface area contributed by atoms with Crippen molar-refractivity contribution in [2.45, 2.75) is 12.8 Å². The molecule has 2 aromatic rings. The molecule has 0 saturated carbocycles. The summed E-state index contributed by atoms with van der Waals surface area (Å²) in [5.74, 6) is 0.861. The van der Waals surface area contributed by atoms with Gasteiger partial charge in [0.25, 0.3) is 0 Å². The molecule has 2 heteroatoms. The van der Waals surface area contributed by atoms with Crippen molar-refractivity contribution in [1.82, 2.24) is 0 Å². The van der Waals surface area contributed by atoms with Gasteiger partial charge in [0.05, 0.1) is 6.61 Å². The highest BCUT2D eigenvalue weighted by atomic mass is 16.5. The molecule has 0 aliphatic carbocycles. The zero-order valence-electron chi connectivity index (χ0n) is 10.4. The Morgan fingerprint density at radius 3 is 2.17 bits per heavy atom. The smallest absolute Gasteiger partial charge is 0.119 e. The van der Waals surface area contributed by atoms with E-state index >= 15 is 0 Å². The monoisotopic (exact) mass is 242 g/mol. The van der Waals surface area contributed by atoms with E-state index in [4.69, 9.17) is 9.84 Å². The van der Waals surface area contributed by atoms with Gasteiger partial charge in [0.2, 0.25) is 0 Å².